The molecule has 1 fully saturated rings. The van der Waals surface area contributed by atoms with Crippen LogP contribution in [-0.2, 0) is 0 Å². The van der Waals surface area contributed by atoms with Gasteiger partial charge in [-0.3, -0.25) is 15.1 Å². The Morgan fingerprint density at radius 1 is 1.09 bits per heavy atom. The third-order valence-electron chi connectivity index (χ3n) is 3.88. The first-order valence-corrected chi connectivity index (χ1v) is 7.48. The van der Waals surface area contributed by atoms with E-state index in [1.165, 1.54) is 42.9 Å². The van der Waals surface area contributed by atoms with Gasteiger partial charge in [-0.1, -0.05) is 11.8 Å². The van der Waals surface area contributed by atoms with Crippen molar-refractivity contribution < 1.29 is 10.0 Å². The smallest absolute Gasteiger partial charge is 0.270 e. The second-order valence-corrected chi connectivity index (χ2v) is 5.45. The van der Waals surface area contributed by atoms with E-state index in [0.29, 0.717) is 5.69 Å². The van der Waals surface area contributed by atoms with E-state index in [2.05, 4.69) is 9.89 Å². The highest BCUT2D eigenvalue weighted by atomic mass is 16.6. The molecule has 1 aliphatic heterocycles. The Labute approximate surface area is 133 Å². The quantitative estimate of drug-likeness (QED) is 0.494. The zero-order valence-electron chi connectivity index (χ0n) is 12.5. The first kappa shape index (κ1) is 15.0. The van der Waals surface area contributed by atoms with Crippen LogP contribution in [0.25, 0.3) is 0 Å². The molecule has 2 aromatic rings. The Kier molecular flexibility index (Phi) is 4.23. The van der Waals surface area contributed by atoms with Gasteiger partial charge in [0.1, 0.15) is 0 Å². The van der Waals surface area contributed by atoms with Crippen LogP contribution in [-0.4, -0.2) is 24.2 Å². The van der Waals surface area contributed by atoms with Gasteiger partial charge in [-0.05, 0) is 42.7 Å². The molecule has 6 heteroatoms. The Morgan fingerprint density at radius 3 is 2.43 bits per heavy atom. The van der Waals surface area contributed by atoms with E-state index in [9.17, 15) is 15.2 Å². The van der Waals surface area contributed by atoms with Crippen molar-refractivity contribution in [1.29, 1.82) is 0 Å². The molecule has 118 valence electrons. The maximum absolute atomic E-state index is 11.7. The third kappa shape index (κ3) is 3.48. The van der Waals surface area contributed by atoms with E-state index in [4.69, 9.17) is 0 Å². The summed E-state index contributed by atoms with van der Waals surface area (Å²) in [5.41, 5.74) is 1.97. The maximum atomic E-state index is 11.7. The molecule has 0 amide bonds. The zero-order valence-corrected chi connectivity index (χ0v) is 12.5. The second kappa shape index (κ2) is 6.48. The van der Waals surface area contributed by atoms with Crippen molar-refractivity contribution in [2.24, 2.45) is 4.99 Å². The van der Waals surface area contributed by atoms with Gasteiger partial charge >= 0.3 is 0 Å². The molecule has 23 heavy (non-hydrogen) atoms. The van der Waals surface area contributed by atoms with Crippen LogP contribution in [0.5, 0.6) is 5.75 Å². The number of nitro benzene ring substituents is 1. The highest BCUT2D eigenvalue weighted by molar-refractivity contribution is 5.86. The van der Waals surface area contributed by atoms with Gasteiger partial charge in [0.2, 0.25) is 0 Å². The lowest BCUT2D eigenvalue weighted by Gasteiger charge is -2.17. The zero-order chi connectivity index (χ0) is 16.2. The molecule has 1 heterocycles. The average Bonchev–Trinajstić information content (AvgIpc) is 3.09. The van der Waals surface area contributed by atoms with Crippen LogP contribution >= 0.6 is 0 Å². The first-order valence-electron chi connectivity index (χ1n) is 7.48. The van der Waals surface area contributed by atoms with Gasteiger partial charge in [-0.25, -0.2) is 0 Å². The predicted molar refractivity (Wildman–Crippen MR) is 87.7 cm³/mol. The highest BCUT2D eigenvalue weighted by Gasteiger charge is 2.11. The van der Waals surface area contributed by atoms with E-state index in [-0.39, 0.29) is 17.0 Å². The van der Waals surface area contributed by atoms with Crippen molar-refractivity contribution in [3.63, 3.8) is 0 Å². The van der Waals surface area contributed by atoms with Crippen molar-refractivity contribution in [2.45, 2.75) is 12.8 Å². The predicted octanol–water partition coefficient (Wildman–Crippen LogP) is 3.02. The molecule has 0 bridgehead atoms. The van der Waals surface area contributed by atoms with Crippen LogP contribution < -0.4 is 10.0 Å². The van der Waals surface area contributed by atoms with E-state index >= 15 is 0 Å². The fourth-order valence-electron chi connectivity index (χ4n) is 2.62. The minimum absolute atomic E-state index is 0.115. The fraction of sp³-hybridized carbons (Fsp3) is 0.235. The monoisotopic (exact) mass is 310 g/mol. The lowest BCUT2D eigenvalue weighted by molar-refractivity contribution is -0.385. The van der Waals surface area contributed by atoms with Crippen molar-refractivity contribution in [2.75, 3.05) is 18.0 Å². The number of hydrogen-bond acceptors (Lipinski definition) is 5. The van der Waals surface area contributed by atoms with Gasteiger partial charge in [-0.15, -0.1) is 0 Å². The molecule has 0 N–H and O–H groups in total. The molecule has 0 aromatic heterocycles. The number of aliphatic imine (C=N–C) groups is 1. The van der Waals surface area contributed by atoms with Crippen LogP contribution in [0.4, 0.5) is 17.1 Å². The summed E-state index contributed by atoms with van der Waals surface area (Å²) in [5.74, 6) is -0.284. The van der Waals surface area contributed by atoms with E-state index in [0.717, 1.165) is 13.1 Å². The minimum Gasteiger partial charge on any atom is -0.872 e. The largest absolute Gasteiger partial charge is 0.872 e. The number of non-ortho nitro benzene ring substituents is 1. The maximum Gasteiger partial charge on any atom is 0.270 e. The number of hydrogen-bond donors (Lipinski definition) is 0. The Bertz CT molecular complexity index is 735. The topological polar surface area (TPSA) is 81.8 Å². The van der Waals surface area contributed by atoms with Gasteiger partial charge in [0, 0.05) is 37.1 Å². The molecule has 0 atom stereocenters. The van der Waals surface area contributed by atoms with E-state index in [1.807, 2.05) is 24.3 Å². The van der Waals surface area contributed by atoms with Gasteiger partial charge in [0.25, 0.3) is 5.69 Å². The molecular formula is C17H16N3O3-. The van der Waals surface area contributed by atoms with E-state index in [1.54, 1.807) is 0 Å². The lowest BCUT2D eigenvalue weighted by Crippen LogP contribution is -2.17. The van der Waals surface area contributed by atoms with Crippen LogP contribution in [0.15, 0.2) is 47.5 Å². The molecule has 0 radical (unpaired) electrons. The van der Waals surface area contributed by atoms with Crippen molar-refractivity contribution in [3.05, 3.63) is 58.1 Å². The van der Waals surface area contributed by atoms with Crippen LogP contribution in [0.1, 0.15) is 18.4 Å². The molecule has 0 unspecified atom stereocenters. The summed E-state index contributed by atoms with van der Waals surface area (Å²) < 4.78 is 0. The summed E-state index contributed by atoms with van der Waals surface area (Å²) in [6, 6.07) is 11.4. The lowest BCUT2D eigenvalue weighted by atomic mass is 10.2. The normalized spacial score (nSPS) is 14.5. The minimum atomic E-state index is -0.526. The van der Waals surface area contributed by atoms with Gasteiger partial charge in [0.15, 0.2) is 0 Å². The standard InChI is InChI=1S/C17H17N3O3/c21-17-8-7-16(20(22)23)11-13(17)12-18-14-3-5-15(6-4-14)19-9-1-2-10-19/h3-8,11-12,21H,1-2,9-10H2/p-1. The Balaban J connectivity index is 1.77. The second-order valence-electron chi connectivity index (χ2n) is 5.45. The number of anilines is 1. The van der Waals surface area contributed by atoms with Crippen LogP contribution in [0, 0.1) is 10.1 Å². The summed E-state index contributed by atoms with van der Waals surface area (Å²) in [6.45, 7) is 2.16. The molecule has 2 aromatic carbocycles. The summed E-state index contributed by atoms with van der Waals surface area (Å²) in [7, 11) is 0. The molecule has 0 saturated carbocycles. The fourth-order valence-corrected chi connectivity index (χ4v) is 2.62. The Morgan fingerprint density at radius 2 is 1.78 bits per heavy atom. The van der Waals surface area contributed by atoms with Gasteiger partial charge in [-0.2, -0.15) is 0 Å². The molecule has 3 rings (SSSR count). The SMILES string of the molecule is O=[N+]([O-])c1ccc([O-])c(C=Nc2ccc(N3CCCC3)cc2)c1. The van der Waals surface area contributed by atoms with Crippen molar-refractivity contribution in [3.8, 4) is 5.75 Å². The summed E-state index contributed by atoms with van der Waals surface area (Å²) in [5, 5.41) is 22.5. The number of nitro groups is 1. The van der Waals surface area contributed by atoms with Gasteiger partial charge in [0.05, 0.1) is 10.6 Å². The molecule has 0 spiro atoms. The third-order valence-corrected chi connectivity index (χ3v) is 3.88. The molecule has 1 aliphatic rings. The molecular weight excluding hydrogens is 294 g/mol. The highest BCUT2D eigenvalue weighted by Crippen LogP contribution is 2.24. The average molecular weight is 310 g/mol. The first-order chi connectivity index (χ1) is 11.1. The number of rotatable bonds is 4. The van der Waals surface area contributed by atoms with Crippen LogP contribution in [0.3, 0.4) is 0 Å². The van der Waals surface area contributed by atoms with Crippen molar-refractivity contribution >= 4 is 23.3 Å². The molecule has 1 saturated heterocycles. The Hall–Kier alpha value is -2.89. The van der Waals surface area contributed by atoms with Crippen molar-refractivity contribution in [1.82, 2.24) is 0 Å². The molecule has 0 aliphatic carbocycles. The number of nitrogens with zero attached hydrogens (tertiary/aromatic N) is 3. The van der Waals surface area contributed by atoms with Crippen LogP contribution in [0.2, 0.25) is 0 Å². The molecule has 6 nitrogen and oxygen atoms in total. The summed E-state index contributed by atoms with van der Waals surface area (Å²) in [6.07, 6.45) is 3.82. The van der Waals surface area contributed by atoms with Gasteiger partial charge < -0.3 is 10.0 Å². The number of benzene rings is 2. The summed E-state index contributed by atoms with van der Waals surface area (Å²) >= 11 is 0. The summed E-state index contributed by atoms with van der Waals surface area (Å²) in [4.78, 5) is 16.8. The van der Waals surface area contributed by atoms with E-state index < -0.39 is 4.92 Å².